The maximum atomic E-state index is 5.36. The Balaban J connectivity index is 1.30. The number of hydrogen-bond acceptors (Lipinski definition) is 6. The number of aryl methyl sites for hydroxylation is 2. The lowest BCUT2D eigenvalue weighted by molar-refractivity contribution is -0.0660. The van der Waals surface area contributed by atoms with Gasteiger partial charge < -0.3 is 15.0 Å². The van der Waals surface area contributed by atoms with Crippen LogP contribution in [0.2, 0.25) is 0 Å². The summed E-state index contributed by atoms with van der Waals surface area (Å²) in [6.07, 6.45) is 2.74. The predicted octanol–water partition coefficient (Wildman–Crippen LogP) is 3.40. The van der Waals surface area contributed by atoms with E-state index in [1.165, 1.54) is 16.8 Å². The highest BCUT2D eigenvalue weighted by molar-refractivity contribution is 5.64. The number of anilines is 3. The molecule has 2 aliphatic heterocycles. The molecule has 3 aromatic rings. The molecule has 3 heterocycles. The van der Waals surface area contributed by atoms with Crippen LogP contribution in [0.5, 0.6) is 0 Å². The normalized spacial score (nSPS) is 17.5. The fraction of sp³-hybridized carbons (Fsp3) is 0.417. The number of nitrogens with one attached hydrogen (secondary N) is 1. The van der Waals surface area contributed by atoms with E-state index in [9.17, 15) is 0 Å². The van der Waals surface area contributed by atoms with Crippen molar-refractivity contribution in [1.82, 2.24) is 19.7 Å². The molecule has 7 heteroatoms. The van der Waals surface area contributed by atoms with Gasteiger partial charge >= 0.3 is 0 Å². The van der Waals surface area contributed by atoms with Crippen LogP contribution in [0.15, 0.2) is 48.8 Å². The van der Waals surface area contributed by atoms with Crippen molar-refractivity contribution in [3.8, 4) is 5.69 Å². The Morgan fingerprint density at radius 2 is 1.77 bits per heavy atom. The van der Waals surface area contributed by atoms with Crippen LogP contribution in [-0.2, 0) is 11.2 Å². The molecule has 2 saturated heterocycles. The van der Waals surface area contributed by atoms with E-state index in [-0.39, 0.29) is 0 Å². The molecule has 0 spiro atoms. The first-order chi connectivity index (χ1) is 15.2. The first-order valence-corrected chi connectivity index (χ1v) is 11.1. The lowest BCUT2D eigenvalue weighted by atomic mass is 10.1. The van der Waals surface area contributed by atoms with Gasteiger partial charge in [0.05, 0.1) is 24.9 Å². The van der Waals surface area contributed by atoms with Crippen LogP contribution < -0.4 is 10.2 Å². The third kappa shape index (κ3) is 4.43. The fourth-order valence-electron chi connectivity index (χ4n) is 4.18. The minimum absolute atomic E-state index is 0.606. The number of rotatable bonds is 6. The SMILES string of the molecule is CCc1cc(Nc2ncn(-c3ccc(C)cc3)n2)cc(N2CCN(C3COC3)CC2)c1. The molecule has 0 atom stereocenters. The van der Waals surface area contributed by atoms with Gasteiger partial charge in [-0.25, -0.2) is 4.68 Å². The quantitative estimate of drug-likeness (QED) is 0.662. The zero-order valence-electron chi connectivity index (χ0n) is 18.3. The molecular weight excluding hydrogens is 388 g/mol. The van der Waals surface area contributed by atoms with E-state index in [1.807, 2.05) is 0 Å². The van der Waals surface area contributed by atoms with Crippen molar-refractivity contribution in [3.63, 3.8) is 0 Å². The lowest BCUT2D eigenvalue weighted by Gasteiger charge is -2.43. The van der Waals surface area contributed by atoms with Crippen molar-refractivity contribution in [2.75, 3.05) is 49.6 Å². The lowest BCUT2D eigenvalue weighted by Crippen LogP contribution is -2.56. The zero-order chi connectivity index (χ0) is 21.2. The van der Waals surface area contributed by atoms with Gasteiger partial charge in [0.25, 0.3) is 0 Å². The summed E-state index contributed by atoms with van der Waals surface area (Å²) in [5.74, 6) is 0.606. The smallest absolute Gasteiger partial charge is 0.246 e. The summed E-state index contributed by atoms with van der Waals surface area (Å²) in [7, 11) is 0. The molecule has 0 amide bonds. The van der Waals surface area contributed by atoms with Crippen molar-refractivity contribution in [3.05, 3.63) is 59.9 Å². The third-order valence-corrected chi connectivity index (χ3v) is 6.25. The monoisotopic (exact) mass is 418 g/mol. The minimum atomic E-state index is 0.606. The number of nitrogens with zero attached hydrogens (tertiary/aromatic N) is 5. The van der Waals surface area contributed by atoms with Crippen molar-refractivity contribution in [2.24, 2.45) is 0 Å². The summed E-state index contributed by atoms with van der Waals surface area (Å²) in [5.41, 5.74) is 5.85. The average molecular weight is 419 g/mol. The van der Waals surface area contributed by atoms with Gasteiger partial charge in [-0.3, -0.25) is 4.90 Å². The molecule has 0 unspecified atom stereocenters. The highest BCUT2D eigenvalue weighted by Crippen LogP contribution is 2.26. The van der Waals surface area contributed by atoms with Crippen LogP contribution in [0.1, 0.15) is 18.1 Å². The molecule has 1 N–H and O–H groups in total. The molecule has 0 radical (unpaired) electrons. The maximum absolute atomic E-state index is 5.36. The van der Waals surface area contributed by atoms with E-state index in [0.717, 1.165) is 57.2 Å². The number of ether oxygens (including phenoxy) is 1. The largest absolute Gasteiger partial charge is 0.378 e. The second-order valence-electron chi connectivity index (χ2n) is 8.43. The zero-order valence-corrected chi connectivity index (χ0v) is 18.3. The summed E-state index contributed by atoms with van der Waals surface area (Å²) in [6.45, 7) is 10.3. The fourth-order valence-corrected chi connectivity index (χ4v) is 4.18. The van der Waals surface area contributed by atoms with Gasteiger partial charge in [0.15, 0.2) is 0 Å². The molecule has 2 aliphatic rings. The summed E-state index contributed by atoms with van der Waals surface area (Å²) in [4.78, 5) is 9.51. The average Bonchev–Trinajstić information content (AvgIpc) is 3.21. The summed E-state index contributed by atoms with van der Waals surface area (Å²) >= 11 is 0. The van der Waals surface area contributed by atoms with Gasteiger partial charge in [0.1, 0.15) is 6.33 Å². The Bertz CT molecular complexity index is 1020. The van der Waals surface area contributed by atoms with E-state index in [0.29, 0.717) is 12.0 Å². The van der Waals surface area contributed by atoms with E-state index >= 15 is 0 Å². The van der Waals surface area contributed by atoms with Gasteiger partial charge in [-0.2, -0.15) is 4.98 Å². The minimum Gasteiger partial charge on any atom is -0.378 e. The van der Waals surface area contributed by atoms with Crippen molar-refractivity contribution < 1.29 is 4.74 Å². The Morgan fingerprint density at radius 1 is 1.00 bits per heavy atom. The van der Waals surface area contributed by atoms with Gasteiger partial charge in [0.2, 0.25) is 5.95 Å². The highest BCUT2D eigenvalue weighted by Gasteiger charge is 2.29. The van der Waals surface area contributed by atoms with Gasteiger partial charge in [-0.15, -0.1) is 5.10 Å². The van der Waals surface area contributed by atoms with E-state index in [2.05, 4.69) is 81.5 Å². The molecule has 31 heavy (non-hydrogen) atoms. The topological polar surface area (TPSA) is 58.5 Å². The molecule has 0 saturated carbocycles. The van der Waals surface area contributed by atoms with Gasteiger partial charge in [0, 0.05) is 37.6 Å². The Morgan fingerprint density at radius 3 is 2.45 bits per heavy atom. The molecule has 2 aromatic carbocycles. The van der Waals surface area contributed by atoms with Crippen LogP contribution in [0.4, 0.5) is 17.3 Å². The highest BCUT2D eigenvalue weighted by atomic mass is 16.5. The van der Waals surface area contributed by atoms with Gasteiger partial charge in [-0.1, -0.05) is 24.6 Å². The number of piperazine rings is 1. The molecule has 0 bridgehead atoms. The molecular formula is C24H30N6O. The Hall–Kier alpha value is -2.90. The summed E-state index contributed by atoms with van der Waals surface area (Å²) in [5, 5.41) is 8.02. The first-order valence-electron chi connectivity index (χ1n) is 11.1. The van der Waals surface area contributed by atoms with Crippen LogP contribution in [0.25, 0.3) is 5.69 Å². The second kappa shape index (κ2) is 8.69. The molecule has 2 fully saturated rings. The number of hydrogen-bond donors (Lipinski definition) is 1. The van der Waals surface area contributed by atoms with E-state index < -0.39 is 0 Å². The third-order valence-electron chi connectivity index (χ3n) is 6.25. The van der Waals surface area contributed by atoms with Crippen LogP contribution in [-0.4, -0.2) is 65.1 Å². The molecule has 162 valence electrons. The Labute approximate surface area is 183 Å². The van der Waals surface area contributed by atoms with Gasteiger partial charge in [-0.05, 0) is 49.2 Å². The van der Waals surface area contributed by atoms with E-state index in [4.69, 9.17) is 4.74 Å². The Kier molecular flexibility index (Phi) is 5.61. The standard InChI is InChI=1S/C24H30N6O/c1-3-19-12-20(26-24-25-17-30(27-24)21-6-4-18(2)5-7-21)14-22(13-19)28-8-10-29(11-9-28)23-15-31-16-23/h4-7,12-14,17,23H,3,8-11,15-16H2,1-2H3,(H,26,27). The van der Waals surface area contributed by atoms with Crippen LogP contribution in [0.3, 0.4) is 0 Å². The first kappa shape index (κ1) is 20.0. The van der Waals surface area contributed by atoms with Crippen molar-refractivity contribution >= 4 is 17.3 Å². The number of benzene rings is 2. The number of aromatic nitrogens is 3. The van der Waals surface area contributed by atoms with Crippen LogP contribution in [0, 0.1) is 6.92 Å². The molecule has 7 nitrogen and oxygen atoms in total. The molecule has 1 aromatic heterocycles. The van der Waals surface area contributed by atoms with E-state index in [1.54, 1.807) is 11.0 Å². The summed E-state index contributed by atoms with van der Waals surface area (Å²) < 4.78 is 7.16. The van der Waals surface area contributed by atoms with Crippen molar-refractivity contribution in [2.45, 2.75) is 26.3 Å². The van der Waals surface area contributed by atoms with Crippen LogP contribution >= 0.6 is 0 Å². The predicted molar refractivity (Wildman–Crippen MR) is 124 cm³/mol. The van der Waals surface area contributed by atoms with Crippen molar-refractivity contribution in [1.29, 1.82) is 0 Å². The summed E-state index contributed by atoms with van der Waals surface area (Å²) in [6, 6.07) is 15.6. The maximum Gasteiger partial charge on any atom is 0.246 e. The molecule has 5 rings (SSSR count). The molecule has 0 aliphatic carbocycles. The second-order valence-corrected chi connectivity index (χ2v) is 8.43.